The highest BCUT2D eigenvalue weighted by Crippen LogP contribution is 2.38. The predicted octanol–water partition coefficient (Wildman–Crippen LogP) is 8.62. The van der Waals surface area contributed by atoms with Gasteiger partial charge in [0, 0.05) is 124 Å². The van der Waals surface area contributed by atoms with Crippen LogP contribution in [0.2, 0.25) is 0 Å². The first-order chi connectivity index (χ1) is 39.7. The molecular weight excluding hydrogens is 1120 g/mol. The smallest absolute Gasteiger partial charge is 0.301 e. The highest BCUT2D eigenvalue weighted by molar-refractivity contribution is 7.90. The molecule has 4 aliphatic rings. The average molecular weight is 1190 g/mol. The summed E-state index contributed by atoms with van der Waals surface area (Å²) in [5, 5.41) is 15.1. The van der Waals surface area contributed by atoms with Crippen molar-refractivity contribution < 1.29 is 41.1 Å². The van der Waals surface area contributed by atoms with Crippen molar-refractivity contribution in [3.63, 3.8) is 0 Å². The zero-order chi connectivity index (χ0) is 58.3. The van der Waals surface area contributed by atoms with E-state index in [0.29, 0.717) is 35.4 Å². The molecule has 1 unspecified atom stereocenters. The van der Waals surface area contributed by atoms with Crippen LogP contribution in [0.3, 0.4) is 0 Å². The lowest BCUT2D eigenvalue weighted by molar-refractivity contribution is -0.141. The van der Waals surface area contributed by atoms with Gasteiger partial charge in [0.15, 0.2) is 5.82 Å². The molecule has 4 atom stereocenters. The monoisotopic (exact) mass is 1190 g/mol. The largest absolute Gasteiger partial charge is 0.391 e. The van der Waals surface area contributed by atoms with E-state index in [1.165, 1.54) is 6.20 Å². The van der Waals surface area contributed by atoms with Gasteiger partial charge in [0.05, 0.1) is 46.0 Å². The molecule has 8 heterocycles. The third-order valence-electron chi connectivity index (χ3n) is 16.5. The number of hydrogen-bond acceptors (Lipinski definition) is 14. The lowest BCUT2D eigenvalue weighted by Gasteiger charge is -2.39. The maximum atomic E-state index is 15.8. The number of thiazole rings is 2. The number of likely N-dealkylation sites (tertiary alicyclic amines) is 1. The number of halogens is 3. The number of nitrogens with zero attached hydrogens (tertiary/aromatic N) is 8. The van der Waals surface area contributed by atoms with E-state index in [9.17, 15) is 32.3 Å². The number of fused-ring (bicyclic) bond motifs is 1. The Kier molecular flexibility index (Phi) is 16.9. The molecule has 4 aliphatic heterocycles. The number of aryl methyl sites for hydroxylation is 1. The van der Waals surface area contributed by atoms with E-state index >= 15 is 8.78 Å². The van der Waals surface area contributed by atoms with Crippen LogP contribution < -0.4 is 14.9 Å². The second-order valence-electron chi connectivity index (χ2n) is 23.4. The number of ketones is 1. The van der Waals surface area contributed by atoms with E-state index in [2.05, 4.69) is 59.2 Å². The molecule has 0 bridgehead atoms. The number of carbonyl (C=O) groups excluding carboxylic acids is 3. The maximum absolute atomic E-state index is 15.8. The third kappa shape index (κ3) is 12.9. The van der Waals surface area contributed by atoms with Crippen molar-refractivity contribution in [2.75, 3.05) is 81.6 Å². The molecule has 4 saturated heterocycles. The molecule has 0 radical (unpaired) electrons. The number of H-pyrrole nitrogens is 1. The zero-order valence-corrected chi connectivity index (χ0v) is 49.2. The van der Waals surface area contributed by atoms with E-state index in [4.69, 9.17) is 4.98 Å². The summed E-state index contributed by atoms with van der Waals surface area (Å²) in [6, 6.07) is 18.8. The first-order valence-electron chi connectivity index (χ1n) is 28.2. The first kappa shape index (κ1) is 58.2. The molecule has 2 amide bonds. The number of alkyl halides is 1. The number of hydrogen-bond donors (Lipinski definition) is 4. The van der Waals surface area contributed by atoms with Crippen molar-refractivity contribution in [3.8, 4) is 21.6 Å². The van der Waals surface area contributed by atoms with Crippen molar-refractivity contribution in [2.24, 2.45) is 11.3 Å². The number of carbonyl (C=O) groups is 3. The first-order valence-corrected chi connectivity index (χ1v) is 31.3. The van der Waals surface area contributed by atoms with Crippen molar-refractivity contribution in [3.05, 3.63) is 135 Å². The van der Waals surface area contributed by atoms with Gasteiger partial charge >= 0.3 is 10.2 Å². The van der Waals surface area contributed by atoms with Crippen molar-refractivity contribution in [1.29, 1.82) is 0 Å². The Balaban J connectivity index is 0.641. The van der Waals surface area contributed by atoms with E-state index in [1.54, 1.807) is 39.8 Å². The highest BCUT2D eigenvalue weighted by atomic mass is 32.2. The zero-order valence-electron chi connectivity index (χ0n) is 46.8. The lowest BCUT2D eigenvalue weighted by atomic mass is 9.85. The number of nitrogens with one attached hydrogen (secondary N) is 3. The summed E-state index contributed by atoms with van der Waals surface area (Å²) in [6.07, 6.45) is 5.91. The number of aliphatic hydroxyl groups is 1. The standard InChI is InChI=1S/C60H68F3N11O6S3/c1-36-55(81-35-67-36)40-7-5-37(6-8-40)25-45-29-66-58(82-45)50-27-44(75)33-74(50)59(78)56(60(2,3)4)68-51(76)34-71-23-21-70(22-24-71)31-38-15-18-72(19-16-38)43-11-9-39(10-12-43)41-26-46-47(30-65-57(46)64-28-41)54(77)52-48(62)13-14-49(53(52)63)69-83(79,80)73-20-17-42(61)32-73/h5-14,26,28-30,35,38,42,44,50,56,69,75H,15-25,27,31-34H2,1-4H3,(H,64,65)(H,68,76)/t42-,44-,50+,56?/m1/s1. The topological polar surface area (TPSA) is 200 Å². The second-order valence-corrected chi connectivity index (χ2v) is 27.1. The number of anilines is 2. The summed E-state index contributed by atoms with van der Waals surface area (Å²) in [5.41, 5.74) is 5.84. The minimum absolute atomic E-state index is 0.00145. The van der Waals surface area contributed by atoms with Gasteiger partial charge in [-0.1, -0.05) is 57.2 Å². The minimum atomic E-state index is -4.37. The second kappa shape index (κ2) is 24.2. The van der Waals surface area contributed by atoms with E-state index in [1.807, 2.05) is 68.4 Å². The number of benzene rings is 3. The number of aromatic amines is 1. The van der Waals surface area contributed by atoms with Gasteiger partial charge in [-0.2, -0.15) is 12.7 Å². The summed E-state index contributed by atoms with van der Waals surface area (Å²) in [6.45, 7) is 13.6. The Morgan fingerprint density at radius 1 is 0.855 bits per heavy atom. The molecule has 0 spiro atoms. The fraction of sp³-hybridized carbons (Fsp3) is 0.433. The Morgan fingerprint density at radius 2 is 1.58 bits per heavy atom. The molecule has 17 nitrogen and oxygen atoms in total. The van der Waals surface area contributed by atoms with Gasteiger partial charge < -0.3 is 30.1 Å². The Hall–Kier alpha value is -6.60. The van der Waals surface area contributed by atoms with Crippen LogP contribution in [0, 0.1) is 29.9 Å². The molecule has 83 heavy (non-hydrogen) atoms. The number of piperazine rings is 1. The summed E-state index contributed by atoms with van der Waals surface area (Å²) in [5.74, 6) is -3.46. The van der Waals surface area contributed by atoms with Crippen molar-refractivity contribution in [2.45, 2.75) is 84.2 Å². The Labute approximate surface area is 489 Å². The van der Waals surface area contributed by atoms with Gasteiger partial charge in [0.25, 0.3) is 0 Å². The number of pyridine rings is 1. The van der Waals surface area contributed by atoms with Crippen molar-refractivity contribution >= 4 is 72.9 Å². The van der Waals surface area contributed by atoms with Crippen LogP contribution in [0.5, 0.6) is 0 Å². The molecule has 4 aromatic heterocycles. The molecule has 4 fully saturated rings. The molecule has 7 aromatic rings. The quantitative estimate of drug-likeness (QED) is 0.0634. The van der Waals surface area contributed by atoms with Crippen LogP contribution in [0.25, 0.3) is 32.6 Å². The number of aliphatic hydroxyl groups excluding tert-OH is 1. The highest BCUT2D eigenvalue weighted by Gasteiger charge is 2.44. The van der Waals surface area contributed by atoms with Gasteiger partial charge in [0.2, 0.25) is 17.6 Å². The lowest BCUT2D eigenvalue weighted by Crippen LogP contribution is -2.57. The summed E-state index contributed by atoms with van der Waals surface area (Å²) in [7, 11) is -4.37. The third-order valence-corrected chi connectivity index (χ3v) is 20.0. The van der Waals surface area contributed by atoms with Gasteiger partial charge in [0.1, 0.15) is 28.7 Å². The van der Waals surface area contributed by atoms with Crippen molar-refractivity contribution in [1.82, 2.24) is 44.3 Å². The summed E-state index contributed by atoms with van der Waals surface area (Å²) >= 11 is 3.19. The number of amides is 2. The van der Waals surface area contributed by atoms with Gasteiger partial charge in [-0.25, -0.2) is 28.1 Å². The molecule has 4 N–H and O–H groups in total. The molecule has 11 rings (SSSR count). The van der Waals surface area contributed by atoms with Crippen LogP contribution in [0.1, 0.15) is 89.6 Å². The van der Waals surface area contributed by atoms with Gasteiger partial charge in [-0.3, -0.25) is 24.0 Å². The van der Waals surface area contributed by atoms with E-state index in [-0.39, 0.29) is 49.5 Å². The minimum Gasteiger partial charge on any atom is -0.391 e. The fourth-order valence-electron chi connectivity index (χ4n) is 11.8. The summed E-state index contributed by atoms with van der Waals surface area (Å²) < 4.78 is 73.5. The van der Waals surface area contributed by atoms with Crippen LogP contribution >= 0.6 is 22.7 Å². The summed E-state index contributed by atoms with van der Waals surface area (Å²) in [4.78, 5) is 69.5. The van der Waals surface area contributed by atoms with Crippen LogP contribution in [-0.4, -0.2) is 160 Å². The Morgan fingerprint density at radius 3 is 2.27 bits per heavy atom. The molecule has 23 heteroatoms. The van der Waals surface area contributed by atoms with Crippen LogP contribution in [0.4, 0.5) is 24.5 Å². The molecule has 438 valence electrons. The number of rotatable bonds is 17. The van der Waals surface area contributed by atoms with E-state index < -0.39 is 69.2 Å². The average Bonchev–Trinajstić information content (AvgIpc) is 4.55. The molecule has 3 aromatic carbocycles. The van der Waals surface area contributed by atoms with Gasteiger partial charge in [-0.05, 0) is 84.5 Å². The predicted molar refractivity (Wildman–Crippen MR) is 316 cm³/mol. The van der Waals surface area contributed by atoms with Crippen LogP contribution in [-0.2, 0) is 26.2 Å². The molecular formula is C60H68F3N11O6S3. The number of β-amino-alcohol motifs (C(OH)–C–C–N with tert-alkyl or cyclic N) is 1. The number of aromatic nitrogens is 4. The SMILES string of the molecule is Cc1ncsc1-c1ccc(Cc2cnc([C@@H]3C[C@@H](O)CN3C(=O)C(NC(=O)CN3CCN(CC4CCN(c5ccc(-c6cnc7[nH]cc(C(=O)c8c(F)ccc(NS(=O)(=O)N9CC[C@@H](F)C9)c8F)c7c6)cc5)CC4)CC3)C(C)(C)C)s2)cc1. The molecule has 0 aliphatic carbocycles. The van der Waals surface area contributed by atoms with Crippen LogP contribution in [0.15, 0.2) is 90.8 Å². The molecule has 0 saturated carbocycles. The normalized spacial score (nSPS) is 20.1. The van der Waals surface area contributed by atoms with Gasteiger partial charge in [-0.15, -0.1) is 22.7 Å². The Bertz CT molecular complexity index is 3610. The number of piperidine rings is 1. The maximum Gasteiger partial charge on any atom is 0.301 e. The van der Waals surface area contributed by atoms with E-state index in [0.717, 1.165) is 118 Å². The fourth-order valence-corrected chi connectivity index (χ4v) is 15.0.